The first-order valence-corrected chi connectivity index (χ1v) is 6.07. The number of anilines is 1. The van der Waals surface area contributed by atoms with Gasteiger partial charge in [-0.05, 0) is 13.0 Å². The molecular weight excluding hydrogens is 291 g/mol. The van der Waals surface area contributed by atoms with Crippen LogP contribution in [-0.4, -0.2) is 35.1 Å². The molecule has 1 fully saturated rings. The van der Waals surface area contributed by atoms with Gasteiger partial charge in [0.2, 0.25) is 0 Å². The van der Waals surface area contributed by atoms with Crippen molar-refractivity contribution in [3.05, 3.63) is 33.9 Å². The number of rotatable bonds is 2. The van der Waals surface area contributed by atoms with E-state index in [-0.39, 0.29) is 16.9 Å². The van der Waals surface area contributed by atoms with E-state index in [9.17, 15) is 28.1 Å². The van der Waals surface area contributed by atoms with Crippen LogP contribution in [0.4, 0.5) is 29.3 Å². The van der Waals surface area contributed by atoms with E-state index in [0.29, 0.717) is 0 Å². The highest BCUT2D eigenvalue weighted by Gasteiger charge is 2.48. The van der Waals surface area contributed by atoms with E-state index in [1.807, 2.05) is 0 Å². The molecule has 1 aromatic carbocycles. The number of carbonyl (C=O) groups excluding carboxylic acids is 1. The number of amides is 2. The molecule has 0 bridgehead atoms. The summed E-state index contributed by atoms with van der Waals surface area (Å²) >= 11 is 0. The standard InChI is InChI=1S/C12H12F3N3O3/c1-7-9(3-2-4-10(7)18(20)21)16-11(19)17-5-8(6-17)12(13,14)15/h2-4,8H,5-6H2,1H3,(H,16,19). The molecule has 2 rings (SSSR count). The Labute approximate surface area is 117 Å². The Bertz CT molecular complexity index is 583. The smallest absolute Gasteiger partial charge is 0.323 e. The SMILES string of the molecule is Cc1c(NC(=O)N2CC(C(F)(F)F)C2)cccc1[N+](=O)[O-]. The molecule has 1 aliphatic heterocycles. The third-order valence-corrected chi connectivity index (χ3v) is 3.38. The van der Waals surface area contributed by atoms with E-state index in [4.69, 9.17) is 0 Å². The van der Waals surface area contributed by atoms with Gasteiger partial charge in [0.25, 0.3) is 5.69 Å². The van der Waals surface area contributed by atoms with Gasteiger partial charge in [0, 0.05) is 19.2 Å². The predicted octanol–water partition coefficient (Wildman–Crippen LogP) is 2.93. The van der Waals surface area contributed by atoms with Gasteiger partial charge in [0.15, 0.2) is 0 Å². The fourth-order valence-corrected chi connectivity index (χ4v) is 2.00. The van der Waals surface area contributed by atoms with Gasteiger partial charge in [0.1, 0.15) is 0 Å². The van der Waals surface area contributed by atoms with E-state index in [1.54, 1.807) is 0 Å². The number of hydrogen-bond acceptors (Lipinski definition) is 3. The first-order valence-electron chi connectivity index (χ1n) is 6.07. The summed E-state index contributed by atoms with van der Waals surface area (Å²) in [6, 6.07) is 3.45. The molecular formula is C12H12F3N3O3. The quantitative estimate of drug-likeness (QED) is 0.674. The van der Waals surface area contributed by atoms with Crippen molar-refractivity contribution < 1.29 is 22.9 Å². The number of carbonyl (C=O) groups is 1. The summed E-state index contributed by atoms with van der Waals surface area (Å²) in [6.07, 6.45) is -4.31. The third-order valence-electron chi connectivity index (χ3n) is 3.38. The lowest BCUT2D eigenvalue weighted by Crippen LogP contribution is -2.56. The number of nitro benzene ring substituents is 1. The molecule has 0 unspecified atom stereocenters. The van der Waals surface area contributed by atoms with Crippen molar-refractivity contribution in [2.24, 2.45) is 5.92 Å². The second kappa shape index (κ2) is 5.23. The Morgan fingerprint density at radius 2 is 2.05 bits per heavy atom. The van der Waals surface area contributed by atoms with E-state index in [0.717, 1.165) is 4.90 Å². The summed E-state index contributed by atoms with van der Waals surface area (Å²) in [6.45, 7) is 0.662. The number of likely N-dealkylation sites (tertiary alicyclic amines) is 1. The lowest BCUT2D eigenvalue weighted by Gasteiger charge is -2.39. The molecule has 0 spiro atoms. The molecule has 1 heterocycles. The lowest BCUT2D eigenvalue weighted by atomic mass is 10.0. The maximum Gasteiger partial charge on any atom is 0.395 e. The fourth-order valence-electron chi connectivity index (χ4n) is 2.00. The van der Waals surface area contributed by atoms with Gasteiger partial charge in [0.05, 0.1) is 22.1 Å². The van der Waals surface area contributed by atoms with Crippen molar-refractivity contribution in [2.75, 3.05) is 18.4 Å². The van der Waals surface area contributed by atoms with Crippen LogP contribution in [0.15, 0.2) is 18.2 Å². The Morgan fingerprint density at radius 3 is 2.57 bits per heavy atom. The number of halogens is 3. The molecule has 0 saturated carbocycles. The molecule has 1 aromatic rings. The monoisotopic (exact) mass is 303 g/mol. The molecule has 6 nitrogen and oxygen atoms in total. The molecule has 1 saturated heterocycles. The normalized spacial score (nSPS) is 15.5. The first-order chi connectivity index (χ1) is 9.70. The van der Waals surface area contributed by atoms with Gasteiger partial charge >= 0.3 is 12.2 Å². The van der Waals surface area contributed by atoms with Crippen LogP contribution in [0.25, 0.3) is 0 Å². The van der Waals surface area contributed by atoms with Crippen LogP contribution in [0.3, 0.4) is 0 Å². The van der Waals surface area contributed by atoms with Crippen molar-refractivity contribution in [2.45, 2.75) is 13.1 Å². The predicted molar refractivity (Wildman–Crippen MR) is 68.0 cm³/mol. The molecule has 1 N–H and O–H groups in total. The largest absolute Gasteiger partial charge is 0.395 e. The average molecular weight is 303 g/mol. The highest BCUT2D eigenvalue weighted by atomic mass is 19.4. The Hall–Kier alpha value is -2.32. The Morgan fingerprint density at radius 1 is 1.43 bits per heavy atom. The van der Waals surface area contributed by atoms with Gasteiger partial charge < -0.3 is 10.2 Å². The van der Waals surface area contributed by atoms with Crippen molar-refractivity contribution >= 4 is 17.4 Å². The summed E-state index contributed by atoms with van der Waals surface area (Å²) in [7, 11) is 0. The second-order valence-corrected chi connectivity index (χ2v) is 4.78. The zero-order valence-electron chi connectivity index (χ0n) is 11.0. The van der Waals surface area contributed by atoms with E-state index >= 15 is 0 Å². The van der Waals surface area contributed by atoms with Crippen LogP contribution in [0.2, 0.25) is 0 Å². The molecule has 9 heteroatoms. The van der Waals surface area contributed by atoms with Crippen LogP contribution in [-0.2, 0) is 0 Å². The van der Waals surface area contributed by atoms with Gasteiger partial charge in [-0.15, -0.1) is 0 Å². The van der Waals surface area contributed by atoms with Crippen molar-refractivity contribution in [3.63, 3.8) is 0 Å². The van der Waals surface area contributed by atoms with Crippen LogP contribution < -0.4 is 5.32 Å². The van der Waals surface area contributed by atoms with Crippen LogP contribution >= 0.6 is 0 Å². The number of nitrogens with one attached hydrogen (secondary N) is 1. The average Bonchev–Trinajstić information content (AvgIpc) is 2.27. The van der Waals surface area contributed by atoms with Gasteiger partial charge in [-0.3, -0.25) is 10.1 Å². The van der Waals surface area contributed by atoms with E-state index in [1.165, 1.54) is 25.1 Å². The van der Waals surface area contributed by atoms with Crippen molar-refractivity contribution in [1.82, 2.24) is 4.90 Å². The number of urea groups is 1. The van der Waals surface area contributed by atoms with Crippen molar-refractivity contribution in [1.29, 1.82) is 0 Å². The minimum absolute atomic E-state index is 0.162. The molecule has 0 aliphatic carbocycles. The molecule has 114 valence electrons. The highest BCUT2D eigenvalue weighted by molar-refractivity contribution is 5.91. The second-order valence-electron chi connectivity index (χ2n) is 4.78. The van der Waals surface area contributed by atoms with E-state index < -0.39 is 36.1 Å². The molecule has 0 aromatic heterocycles. The maximum atomic E-state index is 12.3. The molecule has 21 heavy (non-hydrogen) atoms. The zero-order valence-corrected chi connectivity index (χ0v) is 11.0. The first kappa shape index (κ1) is 15.1. The van der Waals surface area contributed by atoms with Crippen LogP contribution in [0, 0.1) is 23.0 Å². The summed E-state index contributed by atoms with van der Waals surface area (Å²) in [5, 5.41) is 13.2. The number of nitrogens with zero attached hydrogens (tertiary/aromatic N) is 2. The molecule has 0 atom stereocenters. The summed E-state index contributed by atoms with van der Waals surface area (Å²) in [5.74, 6) is -1.51. The third kappa shape index (κ3) is 3.06. The molecule has 0 radical (unpaired) electrons. The van der Waals surface area contributed by atoms with E-state index in [2.05, 4.69) is 5.32 Å². The van der Waals surface area contributed by atoms with Gasteiger partial charge in [-0.2, -0.15) is 13.2 Å². The molecule has 1 aliphatic rings. The summed E-state index contributed by atoms with van der Waals surface area (Å²) in [4.78, 5) is 23.0. The number of hydrogen-bond donors (Lipinski definition) is 1. The maximum absolute atomic E-state index is 12.3. The number of benzene rings is 1. The van der Waals surface area contributed by atoms with Crippen LogP contribution in [0.5, 0.6) is 0 Å². The van der Waals surface area contributed by atoms with Gasteiger partial charge in [-0.25, -0.2) is 4.79 Å². The molecule has 2 amide bonds. The summed E-state index contributed by atoms with van der Waals surface area (Å²) in [5.41, 5.74) is 0.304. The van der Waals surface area contributed by atoms with Gasteiger partial charge in [-0.1, -0.05) is 6.07 Å². The summed E-state index contributed by atoms with van der Waals surface area (Å²) < 4.78 is 37.0. The minimum Gasteiger partial charge on any atom is -0.323 e. The lowest BCUT2D eigenvalue weighted by molar-refractivity contribution is -0.385. The Kier molecular flexibility index (Phi) is 3.75. The minimum atomic E-state index is -4.31. The van der Waals surface area contributed by atoms with Crippen molar-refractivity contribution in [3.8, 4) is 0 Å². The Balaban J connectivity index is 2.02. The fraction of sp³-hybridized carbons (Fsp3) is 0.417. The number of nitro groups is 1. The zero-order chi connectivity index (χ0) is 15.8. The van der Waals surface area contributed by atoms with Crippen LogP contribution in [0.1, 0.15) is 5.56 Å². The highest BCUT2D eigenvalue weighted by Crippen LogP contribution is 2.34. The topological polar surface area (TPSA) is 75.5 Å². The number of alkyl halides is 3.